The molecule has 0 bridgehead atoms. The zero-order valence-electron chi connectivity index (χ0n) is 31.5. The van der Waals surface area contributed by atoms with Crippen molar-refractivity contribution in [2.75, 3.05) is 0 Å². The fraction of sp³-hybridized carbons (Fsp3) is 0.362. The summed E-state index contributed by atoms with van der Waals surface area (Å²) < 4.78 is 2.16. The number of hydrogen-bond donors (Lipinski definition) is 0. The zero-order chi connectivity index (χ0) is 35.8. The minimum Gasteiger partial charge on any atom is -0.0801 e. The van der Waals surface area contributed by atoms with Crippen LogP contribution in [0.1, 0.15) is 134 Å². The molecule has 0 unspecified atom stereocenters. The van der Waals surface area contributed by atoms with E-state index in [0.717, 1.165) is 15.4 Å². The van der Waals surface area contributed by atoms with E-state index in [-0.39, 0.29) is 21.7 Å². The van der Waals surface area contributed by atoms with Crippen molar-refractivity contribution in [2.45, 2.75) is 111 Å². The van der Waals surface area contributed by atoms with Crippen LogP contribution in [0, 0.1) is 10.4 Å². The van der Waals surface area contributed by atoms with Crippen molar-refractivity contribution in [3.05, 3.63) is 153 Å². The van der Waals surface area contributed by atoms with Crippen LogP contribution in [0.3, 0.4) is 0 Å². The maximum Gasteiger partial charge on any atom is 0.0181 e. The van der Waals surface area contributed by atoms with Crippen LogP contribution >= 0.6 is 31.9 Å². The molecule has 0 saturated carbocycles. The summed E-state index contributed by atoms with van der Waals surface area (Å²) in [5, 5.41) is 5.41. The molecule has 254 valence electrons. The molecule has 0 amide bonds. The highest BCUT2D eigenvalue weighted by Gasteiger charge is 2.35. The molecule has 2 aliphatic rings. The second-order valence-electron chi connectivity index (χ2n) is 18.1. The molecule has 0 spiro atoms. The van der Waals surface area contributed by atoms with Crippen LogP contribution in [0.4, 0.5) is 0 Å². The van der Waals surface area contributed by atoms with E-state index in [0.29, 0.717) is 0 Å². The topological polar surface area (TPSA) is 0 Å². The molecule has 49 heavy (non-hydrogen) atoms. The van der Waals surface area contributed by atoms with Gasteiger partial charge in [-0.2, -0.15) is 0 Å². The van der Waals surface area contributed by atoms with Crippen molar-refractivity contribution < 1.29 is 0 Å². The highest BCUT2D eigenvalue weighted by Crippen LogP contribution is 2.43. The first-order chi connectivity index (χ1) is 22.7. The van der Waals surface area contributed by atoms with E-state index in [1.165, 1.54) is 76.5 Å². The Kier molecular flexibility index (Phi) is 9.06. The first kappa shape index (κ1) is 35.9. The molecule has 2 heteroatoms. The van der Waals surface area contributed by atoms with Crippen LogP contribution in [-0.2, 0) is 21.7 Å². The summed E-state index contributed by atoms with van der Waals surface area (Å²) in [6, 6.07) is 22.9. The minimum atomic E-state index is -0.154. The summed E-state index contributed by atoms with van der Waals surface area (Å²) >= 11 is 7.71. The molecule has 4 aromatic carbocycles. The molecule has 0 nitrogen and oxygen atoms in total. The van der Waals surface area contributed by atoms with E-state index in [1.807, 2.05) is 0 Å². The summed E-state index contributed by atoms with van der Waals surface area (Å²) in [5.74, 6) is 0. The number of halogens is 2. The number of hydrogen-bond acceptors (Lipinski definition) is 0. The molecule has 0 aliphatic heterocycles. The van der Waals surface area contributed by atoms with Crippen LogP contribution in [0.25, 0.3) is 17.2 Å². The summed E-state index contributed by atoms with van der Waals surface area (Å²) in [4.78, 5) is 0. The Bertz CT molecular complexity index is 2240. The van der Waals surface area contributed by atoms with E-state index in [4.69, 9.17) is 0 Å². The number of benzene rings is 4. The number of rotatable bonds is 3. The molecule has 0 radical (unpaired) electrons. The highest BCUT2D eigenvalue weighted by atomic mass is 79.9. The Morgan fingerprint density at radius 3 is 1.59 bits per heavy atom. The van der Waals surface area contributed by atoms with Crippen molar-refractivity contribution in [3.8, 4) is 0 Å². The Hall–Kier alpha value is -2.94. The molecule has 0 fully saturated rings. The lowest BCUT2D eigenvalue weighted by molar-refractivity contribution is 0.524. The first-order valence-corrected chi connectivity index (χ1v) is 19.3. The molecule has 6 rings (SSSR count). The van der Waals surface area contributed by atoms with Gasteiger partial charge in [-0.05, 0) is 141 Å². The van der Waals surface area contributed by atoms with Crippen LogP contribution in [-0.4, -0.2) is 0 Å². The lowest BCUT2D eigenvalue weighted by Crippen LogP contribution is -2.34. The summed E-state index contributed by atoms with van der Waals surface area (Å²) in [7, 11) is 0. The van der Waals surface area contributed by atoms with Gasteiger partial charge in [0.1, 0.15) is 0 Å². The van der Waals surface area contributed by atoms with Crippen molar-refractivity contribution in [3.63, 3.8) is 0 Å². The lowest BCUT2D eigenvalue weighted by Gasteiger charge is -2.35. The van der Waals surface area contributed by atoms with Crippen LogP contribution in [0.5, 0.6) is 0 Å². The van der Waals surface area contributed by atoms with Gasteiger partial charge in [0.05, 0.1) is 0 Å². The van der Waals surface area contributed by atoms with E-state index in [9.17, 15) is 0 Å². The Morgan fingerprint density at radius 2 is 1.14 bits per heavy atom. The fourth-order valence-electron chi connectivity index (χ4n) is 8.00. The molecule has 0 aromatic heterocycles. The molecule has 0 saturated heterocycles. The van der Waals surface area contributed by atoms with E-state index >= 15 is 0 Å². The number of allylic oxidation sites excluding steroid dienone is 4. The highest BCUT2D eigenvalue weighted by molar-refractivity contribution is 9.10. The minimum absolute atomic E-state index is 0.0133. The van der Waals surface area contributed by atoms with Crippen molar-refractivity contribution in [1.29, 1.82) is 0 Å². The lowest BCUT2D eigenvalue weighted by atomic mass is 9.68. The second-order valence-corrected chi connectivity index (χ2v) is 20.0. The van der Waals surface area contributed by atoms with E-state index in [1.54, 1.807) is 0 Å². The summed E-state index contributed by atoms with van der Waals surface area (Å²) in [5.41, 5.74) is 13.4. The average Bonchev–Trinajstić information content (AvgIpc) is 3.63. The first-order valence-electron chi connectivity index (χ1n) is 17.7. The zero-order valence-corrected chi connectivity index (χ0v) is 34.7. The summed E-state index contributed by atoms with van der Waals surface area (Å²) in [6.45, 7) is 28.7. The van der Waals surface area contributed by atoms with Crippen LogP contribution < -0.4 is 10.4 Å². The Balaban J connectivity index is 2.09. The predicted octanol–water partition coefficient (Wildman–Crippen LogP) is 12.4. The predicted molar refractivity (Wildman–Crippen MR) is 220 cm³/mol. The normalized spacial score (nSPS) is 14.4. The third-order valence-electron chi connectivity index (χ3n) is 9.98. The molecule has 0 heterocycles. The Morgan fingerprint density at radius 1 is 0.612 bits per heavy atom. The maximum absolute atomic E-state index is 3.85. The van der Waals surface area contributed by atoms with Gasteiger partial charge in [0.25, 0.3) is 0 Å². The molecule has 4 aromatic rings. The SMILES string of the molecule is CC(C)(C)c1cc2c(cc1C(C)(C)C)=c1c(c(C3=CC=CC3)c(C(C)(C)C)c(C(C)(C)C)c1=C(c1cccc(Br)c1)c1cccc(Br)c1)C=2. The van der Waals surface area contributed by atoms with Gasteiger partial charge in [-0.15, -0.1) is 0 Å². The van der Waals surface area contributed by atoms with Gasteiger partial charge >= 0.3 is 0 Å². The summed E-state index contributed by atoms with van der Waals surface area (Å²) in [6.07, 6.45) is 10.4. The molecule has 0 N–H and O–H groups in total. The van der Waals surface area contributed by atoms with Gasteiger partial charge in [-0.25, -0.2) is 0 Å². The van der Waals surface area contributed by atoms with Crippen LogP contribution in [0.15, 0.2) is 87.8 Å². The van der Waals surface area contributed by atoms with Crippen molar-refractivity contribution in [1.82, 2.24) is 0 Å². The van der Waals surface area contributed by atoms with Gasteiger partial charge in [0, 0.05) is 8.95 Å². The molecule has 0 atom stereocenters. The van der Waals surface area contributed by atoms with E-state index < -0.39 is 0 Å². The average molecular weight is 777 g/mol. The van der Waals surface area contributed by atoms with Gasteiger partial charge in [0.15, 0.2) is 0 Å². The van der Waals surface area contributed by atoms with Gasteiger partial charge in [-0.3, -0.25) is 0 Å². The van der Waals surface area contributed by atoms with Crippen molar-refractivity contribution >= 4 is 49.1 Å². The quantitative estimate of drug-likeness (QED) is 0.171. The van der Waals surface area contributed by atoms with Crippen LogP contribution in [0.2, 0.25) is 0 Å². The third kappa shape index (κ3) is 6.65. The second kappa shape index (κ2) is 12.4. The van der Waals surface area contributed by atoms with E-state index in [2.05, 4.69) is 200 Å². The maximum atomic E-state index is 3.85. The largest absolute Gasteiger partial charge is 0.0801 e. The third-order valence-corrected chi connectivity index (χ3v) is 11.0. The Labute approximate surface area is 311 Å². The molecular weight excluding hydrogens is 724 g/mol. The molecule has 2 aliphatic carbocycles. The smallest absolute Gasteiger partial charge is 0.0181 e. The van der Waals surface area contributed by atoms with Gasteiger partial charge in [-0.1, -0.05) is 164 Å². The number of fused-ring (bicyclic) bond motifs is 2. The van der Waals surface area contributed by atoms with Crippen molar-refractivity contribution in [2.24, 2.45) is 0 Å². The standard InChI is InChI=1S/C47H52Br2/c1-44(2,3)36-26-31-25-35-39(28-17-13-14-18-28)42(46(7,8)9)43(47(10,11)12)41(40(35)34(31)27-37(36)45(4,5)6)38(29-19-15-21-32(48)23-29)30-20-16-22-33(49)24-30/h13-17,19-27H,18H2,1-12H3. The van der Waals surface area contributed by atoms with Gasteiger partial charge in [0.2, 0.25) is 0 Å². The fourth-order valence-corrected chi connectivity index (χ4v) is 8.80. The monoisotopic (exact) mass is 774 g/mol. The van der Waals surface area contributed by atoms with Gasteiger partial charge < -0.3 is 0 Å². The molecular formula is C47H52Br2.